The van der Waals surface area contributed by atoms with Gasteiger partial charge in [-0.3, -0.25) is 4.79 Å². The SMILES string of the molecule is CCCN(c1ccc(C(CC)CC(=O)OC)cc1Nc1ncc(CC)cn1)C1CCOCC1. The van der Waals surface area contributed by atoms with Gasteiger partial charge in [0.1, 0.15) is 0 Å². The minimum absolute atomic E-state index is 0.0955. The maximum absolute atomic E-state index is 12.0. The standard InChI is InChI=1S/C26H38N4O3/c1-5-12-30(22-10-13-33-14-11-22)24-9-8-21(20(7-3)16-25(31)32-4)15-23(24)29-26-27-17-19(6-2)18-28-26/h8-9,15,17-18,20,22H,5-7,10-14,16H2,1-4H3,(H,27,28,29). The molecule has 7 nitrogen and oxygen atoms in total. The fourth-order valence-corrected chi connectivity index (χ4v) is 4.40. The zero-order valence-corrected chi connectivity index (χ0v) is 20.5. The predicted octanol–water partition coefficient (Wildman–Crippen LogP) is 5.23. The average Bonchev–Trinajstić information content (AvgIpc) is 2.87. The van der Waals surface area contributed by atoms with Crippen molar-refractivity contribution in [3.05, 3.63) is 41.7 Å². The number of aryl methyl sites for hydroxylation is 1. The molecule has 1 unspecified atom stereocenters. The van der Waals surface area contributed by atoms with Gasteiger partial charge in [-0.05, 0) is 61.3 Å². The van der Waals surface area contributed by atoms with Crippen LogP contribution >= 0.6 is 0 Å². The van der Waals surface area contributed by atoms with Crippen LogP contribution in [0.4, 0.5) is 17.3 Å². The van der Waals surface area contributed by atoms with Gasteiger partial charge in [-0.1, -0.05) is 26.8 Å². The zero-order chi connectivity index (χ0) is 23.6. The summed E-state index contributed by atoms with van der Waals surface area (Å²) in [6, 6.07) is 6.93. The number of methoxy groups -OCH3 is 1. The summed E-state index contributed by atoms with van der Waals surface area (Å²) < 4.78 is 10.5. The van der Waals surface area contributed by atoms with Gasteiger partial charge in [0, 0.05) is 38.2 Å². The van der Waals surface area contributed by atoms with Gasteiger partial charge in [0.05, 0.1) is 24.9 Å². The molecule has 0 spiro atoms. The van der Waals surface area contributed by atoms with Gasteiger partial charge in [-0.2, -0.15) is 0 Å². The first-order chi connectivity index (χ1) is 16.1. The number of benzene rings is 1. The second kappa shape index (κ2) is 12.5. The molecule has 1 aliphatic rings. The summed E-state index contributed by atoms with van der Waals surface area (Å²) in [6.07, 6.45) is 8.95. The molecule has 1 aromatic heterocycles. The number of rotatable bonds is 11. The van der Waals surface area contributed by atoms with Gasteiger partial charge in [-0.25, -0.2) is 9.97 Å². The number of carbonyl (C=O) groups is 1. The topological polar surface area (TPSA) is 76.6 Å². The molecule has 0 amide bonds. The molecule has 1 saturated heterocycles. The maximum Gasteiger partial charge on any atom is 0.306 e. The molecule has 33 heavy (non-hydrogen) atoms. The summed E-state index contributed by atoms with van der Waals surface area (Å²) >= 11 is 0. The van der Waals surface area contributed by atoms with Crippen molar-refractivity contribution in [2.45, 2.75) is 71.3 Å². The molecule has 7 heteroatoms. The summed E-state index contributed by atoms with van der Waals surface area (Å²) in [7, 11) is 1.44. The van der Waals surface area contributed by atoms with Crippen LogP contribution in [0.15, 0.2) is 30.6 Å². The Morgan fingerprint density at radius 1 is 1.21 bits per heavy atom. The molecule has 1 aromatic carbocycles. The Hall–Kier alpha value is -2.67. The normalized spacial score (nSPS) is 15.2. The van der Waals surface area contributed by atoms with Crippen LogP contribution in [-0.4, -0.2) is 48.8 Å². The van der Waals surface area contributed by atoms with Crippen molar-refractivity contribution in [1.29, 1.82) is 0 Å². The number of anilines is 3. The fraction of sp³-hybridized carbons (Fsp3) is 0.577. The van der Waals surface area contributed by atoms with E-state index in [2.05, 4.69) is 59.2 Å². The summed E-state index contributed by atoms with van der Waals surface area (Å²) in [5.41, 5.74) is 4.33. The number of hydrogen-bond acceptors (Lipinski definition) is 7. The van der Waals surface area contributed by atoms with E-state index in [1.54, 1.807) is 0 Å². The van der Waals surface area contributed by atoms with Crippen LogP contribution in [-0.2, 0) is 20.7 Å². The van der Waals surface area contributed by atoms with E-state index in [4.69, 9.17) is 9.47 Å². The van der Waals surface area contributed by atoms with Crippen LogP contribution < -0.4 is 10.2 Å². The van der Waals surface area contributed by atoms with Gasteiger partial charge >= 0.3 is 5.97 Å². The quantitative estimate of drug-likeness (QED) is 0.466. The predicted molar refractivity (Wildman–Crippen MR) is 132 cm³/mol. The largest absolute Gasteiger partial charge is 0.469 e. The zero-order valence-electron chi connectivity index (χ0n) is 20.5. The number of ether oxygens (including phenoxy) is 2. The van der Waals surface area contributed by atoms with Crippen molar-refractivity contribution in [3.63, 3.8) is 0 Å². The van der Waals surface area contributed by atoms with E-state index < -0.39 is 0 Å². The number of hydrogen-bond donors (Lipinski definition) is 1. The third kappa shape index (κ3) is 6.67. The van der Waals surface area contributed by atoms with Crippen molar-refractivity contribution >= 4 is 23.3 Å². The minimum Gasteiger partial charge on any atom is -0.469 e. The Labute approximate surface area is 197 Å². The van der Waals surface area contributed by atoms with Gasteiger partial charge in [0.15, 0.2) is 0 Å². The summed E-state index contributed by atoms with van der Waals surface area (Å²) in [5.74, 6) is 0.488. The summed E-state index contributed by atoms with van der Waals surface area (Å²) in [5, 5.41) is 3.48. The van der Waals surface area contributed by atoms with Crippen molar-refractivity contribution in [3.8, 4) is 0 Å². The molecular weight excluding hydrogens is 416 g/mol. The monoisotopic (exact) mass is 454 g/mol. The highest BCUT2D eigenvalue weighted by Gasteiger charge is 2.25. The van der Waals surface area contributed by atoms with E-state index >= 15 is 0 Å². The van der Waals surface area contributed by atoms with E-state index in [0.717, 1.165) is 74.4 Å². The third-order valence-corrected chi connectivity index (χ3v) is 6.39. The minimum atomic E-state index is -0.186. The first kappa shape index (κ1) is 25.0. The number of carbonyl (C=O) groups excluding carboxylic acids is 1. The number of nitrogens with one attached hydrogen (secondary N) is 1. The first-order valence-corrected chi connectivity index (χ1v) is 12.2. The van der Waals surface area contributed by atoms with Crippen molar-refractivity contribution in [2.75, 3.05) is 37.1 Å². The van der Waals surface area contributed by atoms with Crippen LogP contribution in [0.1, 0.15) is 69.9 Å². The molecule has 0 saturated carbocycles. The van der Waals surface area contributed by atoms with Crippen LogP contribution in [0.2, 0.25) is 0 Å². The van der Waals surface area contributed by atoms with Crippen molar-refractivity contribution < 1.29 is 14.3 Å². The average molecular weight is 455 g/mol. The van der Waals surface area contributed by atoms with Crippen LogP contribution in [0, 0.1) is 0 Å². The second-order valence-electron chi connectivity index (χ2n) is 8.59. The Kier molecular flexibility index (Phi) is 9.48. The highest BCUT2D eigenvalue weighted by molar-refractivity contribution is 5.76. The number of aromatic nitrogens is 2. The molecule has 1 fully saturated rings. The molecule has 3 rings (SSSR count). The molecule has 2 aromatic rings. The van der Waals surface area contributed by atoms with E-state index in [0.29, 0.717) is 18.4 Å². The van der Waals surface area contributed by atoms with Gasteiger partial charge in [0.25, 0.3) is 0 Å². The lowest BCUT2D eigenvalue weighted by molar-refractivity contribution is -0.141. The first-order valence-electron chi connectivity index (χ1n) is 12.2. The third-order valence-electron chi connectivity index (χ3n) is 6.39. The van der Waals surface area contributed by atoms with E-state index in [1.807, 2.05) is 12.4 Å². The van der Waals surface area contributed by atoms with Crippen LogP contribution in [0.3, 0.4) is 0 Å². The Morgan fingerprint density at radius 2 is 1.94 bits per heavy atom. The van der Waals surface area contributed by atoms with Gasteiger partial charge in [-0.15, -0.1) is 0 Å². The van der Waals surface area contributed by atoms with Crippen molar-refractivity contribution in [2.24, 2.45) is 0 Å². The molecule has 1 atom stereocenters. The smallest absolute Gasteiger partial charge is 0.306 e. The highest BCUT2D eigenvalue weighted by Crippen LogP contribution is 2.36. The van der Waals surface area contributed by atoms with Gasteiger partial charge < -0.3 is 19.7 Å². The lowest BCUT2D eigenvalue weighted by Crippen LogP contribution is -2.40. The Morgan fingerprint density at radius 3 is 2.55 bits per heavy atom. The summed E-state index contributed by atoms with van der Waals surface area (Å²) in [4.78, 5) is 23.5. The van der Waals surface area contributed by atoms with E-state index in [-0.39, 0.29) is 11.9 Å². The maximum atomic E-state index is 12.0. The Bertz CT molecular complexity index is 882. The molecule has 180 valence electrons. The van der Waals surface area contributed by atoms with Gasteiger partial charge in [0.2, 0.25) is 5.95 Å². The lowest BCUT2D eigenvalue weighted by atomic mass is 9.92. The number of esters is 1. The van der Waals surface area contributed by atoms with E-state index in [1.165, 1.54) is 7.11 Å². The van der Waals surface area contributed by atoms with Crippen molar-refractivity contribution in [1.82, 2.24) is 9.97 Å². The molecule has 1 aliphatic heterocycles. The number of nitrogens with zero attached hydrogens (tertiary/aromatic N) is 3. The second-order valence-corrected chi connectivity index (χ2v) is 8.59. The van der Waals surface area contributed by atoms with Crippen LogP contribution in [0.5, 0.6) is 0 Å². The molecule has 2 heterocycles. The summed E-state index contributed by atoms with van der Waals surface area (Å²) in [6.45, 7) is 8.97. The van der Waals surface area contributed by atoms with Crippen LogP contribution in [0.25, 0.3) is 0 Å². The molecular formula is C26H38N4O3. The Balaban J connectivity index is 1.99. The fourth-order valence-electron chi connectivity index (χ4n) is 4.40. The molecule has 0 aliphatic carbocycles. The lowest BCUT2D eigenvalue weighted by Gasteiger charge is -2.37. The van der Waals surface area contributed by atoms with E-state index in [9.17, 15) is 4.79 Å². The molecule has 1 N–H and O–H groups in total. The molecule has 0 radical (unpaired) electrons. The highest BCUT2D eigenvalue weighted by atomic mass is 16.5. The molecule has 0 bridgehead atoms.